The highest BCUT2D eigenvalue weighted by Gasteiger charge is 2.16. The maximum atomic E-state index is 12.3. The maximum absolute atomic E-state index is 12.3. The van der Waals surface area contributed by atoms with E-state index in [1.54, 1.807) is 42.5 Å². The molecule has 2 aromatic rings. The van der Waals surface area contributed by atoms with Gasteiger partial charge in [0, 0.05) is 22.7 Å². The van der Waals surface area contributed by atoms with Crippen molar-refractivity contribution >= 4 is 40.7 Å². The summed E-state index contributed by atoms with van der Waals surface area (Å²) in [6.45, 7) is -0.124. The van der Waals surface area contributed by atoms with E-state index in [1.165, 1.54) is 19.1 Å². The van der Waals surface area contributed by atoms with Crippen LogP contribution in [-0.2, 0) is 4.79 Å². The average Bonchev–Trinajstić information content (AvgIpc) is 2.54. The number of nitrogens with one attached hydrogen (secondary N) is 1. The molecular formula is C17H16Cl2N2O3. The zero-order valence-corrected chi connectivity index (χ0v) is 14.7. The fourth-order valence-electron chi connectivity index (χ4n) is 2.10. The largest absolute Gasteiger partial charge is 0.495 e. The molecule has 0 saturated carbocycles. The first-order chi connectivity index (χ1) is 11.4. The minimum absolute atomic E-state index is 0.124. The number of carbonyl (C=O) groups excluding carboxylic acids is 2. The number of likely N-dealkylation sites (N-methyl/N-ethyl adjacent to an activating group) is 1. The molecule has 0 fully saturated rings. The Morgan fingerprint density at radius 1 is 1.12 bits per heavy atom. The van der Waals surface area contributed by atoms with Crippen LogP contribution in [-0.4, -0.2) is 37.4 Å². The van der Waals surface area contributed by atoms with Crippen LogP contribution in [0.5, 0.6) is 5.75 Å². The number of halogens is 2. The molecular weight excluding hydrogens is 351 g/mol. The van der Waals surface area contributed by atoms with E-state index in [2.05, 4.69) is 5.32 Å². The third-order valence-corrected chi connectivity index (χ3v) is 3.70. The molecule has 0 aliphatic heterocycles. The Morgan fingerprint density at radius 2 is 1.83 bits per heavy atom. The average molecular weight is 367 g/mol. The number of methoxy groups -OCH3 is 1. The van der Waals surface area contributed by atoms with E-state index in [1.807, 2.05) is 0 Å². The Bertz CT molecular complexity index is 765. The van der Waals surface area contributed by atoms with Crippen molar-refractivity contribution in [3.05, 3.63) is 58.1 Å². The number of carbonyl (C=O) groups is 2. The summed E-state index contributed by atoms with van der Waals surface area (Å²) >= 11 is 11.8. The molecule has 126 valence electrons. The van der Waals surface area contributed by atoms with Crippen molar-refractivity contribution in [1.29, 1.82) is 0 Å². The Labute approximate surface area is 150 Å². The second-order valence-corrected chi connectivity index (χ2v) is 5.94. The molecule has 24 heavy (non-hydrogen) atoms. The summed E-state index contributed by atoms with van der Waals surface area (Å²) in [4.78, 5) is 25.8. The molecule has 5 nitrogen and oxygen atoms in total. The SMILES string of the molecule is COc1ccc(Cl)cc1NC(=O)CN(C)C(=O)c1cccc(Cl)c1. The molecule has 0 atom stereocenters. The number of nitrogens with zero attached hydrogens (tertiary/aromatic N) is 1. The molecule has 0 saturated heterocycles. The monoisotopic (exact) mass is 366 g/mol. The van der Waals surface area contributed by atoms with Gasteiger partial charge in [0.25, 0.3) is 5.91 Å². The molecule has 0 aliphatic carbocycles. The Balaban J connectivity index is 2.04. The molecule has 2 rings (SSSR count). The van der Waals surface area contributed by atoms with Gasteiger partial charge < -0.3 is 15.0 Å². The lowest BCUT2D eigenvalue weighted by Crippen LogP contribution is -2.35. The highest BCUT2D eigenvalue weighted by molar-refractivity contribution is 6.31. The van der Waals surface area contributed by atoms with Gasteiger partial charge in [-0.15, -0.1) is 0 Å². The van der Waals surface area contributed by atoms with Gasteiger partial charge in [0.15, 0.2) is 0 Å². The summed E-state index contributed by atoms with van der Waals surface area (Å²) in [6.07, 6.45) is 0. The summed E-state index contributed by atoms with van der Waals surface area (Å²) in [6, 6.07) is 11.4. The van der Waals surface area contributed by atoms with Crippen LogP contribution in [0.3, 0.4) is 0 Å². The van der Waals surface area contributed by atoms with Gasteiger partial charge in [0.1, 0.15) is 5.75 Å². The topological polar surface area (TPSA) is 58.6 Å². The summed E-state index contributed by atoms with van der Waals surface area (Å²) in [7, 11) is 3.03. The molecule has 0 aliphatic rings. The van der Waals surface area contributed by atoms with Crippen molar-refractivity contribution in [3.63, 3.8) is 0 Å². The first kappa shape index (κ1) is 18.1. The van der Waals surface area contributed by atoms with Gasteiger partial charge in [-0.05, 0) is 36.4 Å². The highest BCUT2D eigenvalue weighted by atomic mass is 35.5. The number of anilines is 1. The van der Waals surface area contributed by atoms with E-state index < -0.39 is 0 Å². The Kier molecular flexibility index (Phi) is 6.06. The molecule has 2 aromatic carbocycles. The van der Waals surface area contributed by atoms with Crippen molar-refractivity contribution in [3.8, 4) is 5.75 Å². The summed E-state index contributed by atoms with van der Waals surface area (Å²) < 4.78 is 5.17. The zero-order chi connectivity index (χ0) is 17.7. The lowest BCUT2D eigenvalue weighted by molar-refractivity contribution is -0.116. The van der Waals surface area contributed by atoms with Gasteiger partial charge >= 0.3 is 0 Å². The number of rotatable bonds is 5. The van der Waals surface area contributed by atoms with E-state index in [0.29, 0.717) is 27.0 Å². The van der Waals surface area contributed by atoms with Gasteiger partial charge in [-0.2, -0.15) is 0 Å². The van der Waals surface area contributed by atoms with Crippen molar-refractivity contribution in [2.45, 2.75) is 0 Å². The lowest BCUT2D eigenvalue weighted by atomic mass is 10.2. The van der Waals surface area contributed by atoms with Crippen LogP contribution in [0.15, 0.2) is 42.5 Å². The van der Waals surface area contributed by atoms with Crippen molar-refractivity contribution in [2.24, 2.45) is 0 Å². The molecule has 0 bridgehead atoms. The molecule has 7 heteroatoms. The summed E-state index contributed by atoms with van der Waals surface area (Å²) in [5.74, 6) is -0.185. The van der Waals surface area contributed by atoms with E-state index >= 15 is 0 Å². The van der Waals surface area contributed by atoms with Gasteiger partial charge in [0.05, 0.1) is 19.3 Å². The van der Waals surface area contributed by atoms with Crippen molar-refractivity contribution in [1.82, 2.24) is 4.90 Å². The molecule has 0 spiro atoms. The number of ether oxygens (including phenoxy) is 1. The van der Waals surface area contributed by atoms with Gasteiger partial charge in [0.2, 0.25) is 5.91 Å². The first-order valence-corrected chi connectivity index (χ1v) is 7.80. The van der Waals surface area contributed by atoms with Crippen LogP contribution < -0.4 is 10.1 Å². The van der Waals surface area contributed by atoms with Crippen molar-refractivity contribution in [2.75, 3.05) is 26.0 Å². The number of amides is 2. The van der Waals surface area contributed by atoms with Crippen molar-refractivity contribution < 1.29 is 14.3 Å². The molecule has 2 amide bonds. The van der Waals surface area contributed by atoms with Crippen LogP contribution in [0.25, 0.3) is 0 Å². The predicted octanol–water partition coefficient (Wildman–Crippen LogP) is 3.71. The minimum atomic E-state index is -0.367. The van der Waals surface area contributed by atoms with Crippen LogP contribution in [0.4, 0.5) is 5.69 Å². The van der Waals surface area contributed by atoms with E-state index in [0.717, 1.165) is 0 Å². The predicted molar refractivity (Wildman–Crippen MR) is 95.0 cm³/mol. The van der Waals surface area contributed by atoms with Crippen LogP contribution in [0.2, 0.25) is 10.0 Å². The molecule has 0 heterocycles. The molecule has 1 N–H and O–H groups in total. The Morgan fingerprint density at radius 3 is 2.50 bits per heavy atom. The Hall–Kier alpha value is -2.24. The summed E-state index contributed by atoms with van der Waals surface area (Å²) in [5.41, 5.74) is 0.858. The maximum Gasteiger partial charge on any atom is 0.254 e. The minimum Gasteiger partial charge on any atom is -0.495 e. The van der Waals surface area contributed by atoms with Crippen LogP contribution in [0, 0.1) is 0 Å². The molecule has 0 unspecified atom stereocenters. The van der Waals surface area contributed by atoms with Gasteiger partial charge in [-0.1, -0.05) is 29.3 Å². The third kappa shape index (κ3) is 4.63. The lowest BCUT2D eigenvalue weighted by Gasteiger charge is -2.18. The smallest absolute Gasteiger partial charge is 0.254 e. The van der Waals surface area contributed by atoms with E-state index in [4.69, 9.17) is 27.9 Å². The zero-order valence-electron chi connectivity index (χ0n) is 13.2. The second kappa shape index (κ2) is 8.04. The van der Waals surface area contributed by atoms with E-state index in [9.17, 15) is 9.59 Å². The normalized spacial score (nSPS) is 10.2. The van der Waals surface area contributed by atoms with Crippen LogP contribution >= 0.6 is 23.2 Å². The molecule has 0 radical (unpaired) electrons. The number of hydrogen-bond acceptors (Lipinski definition) is 3. The van der Waals surface area contributed by atoms with E-state index in [-0.39, 0.29) is 18.4 Å². The highest BCUT2D eigenvalue weighted by Crippen LogP contribution is 2.27. The second-order valence-electron chi connectivity index (χ2n) is 5.06. The van der Waals surface area contributed by atoms with Crippen LogP contribution in [0.1, 0.15) is 10.4 Å². The fourth-order valence-corrected chi connectivity index (χ4v) is 2.46. The fraction of sp³-hybridized carbons (Fsp3) is 0.176. The number of hydrogen-bond donors (Lipinski definition) is 1. The third-order valence-electron chi connectivity index (χ3n) is 3.23. The first-order valence-electron chi connectivity index (χ1n) is 7.05. The quantitative estimate of drug-likeness (QED) is 0.877. The summed E-state index contributed by atoms with van der Waals surface area (Å²) in [5, 5.41) is 3.61. The molecule has 0 aromatic heterocycles. The number of benzene rings is 2. The standard InChI is InChI=1S/C17H16Cl2N2O3/c1-21(17(23)11-4-3-5-12(18)8-11)10-16(22)20-14-9-13(19)6-7-15(14)24-2/h3-9H,10H2,1-2H3,(H,20,22). The van der Waals surface area contributed by atoms with Gasteiger partial charge in [-0.25, -0.2) is 0 Å². The van der Waals surface area contributed by atoms with Gasteiger partial charge in [-0.3, -0.25) is 9.59 Å².